The predicted octanol–water partition coefficient (Wildman–Crippen LogP) is 3.79. The first-order chi connectivity index (χ1) is 11.1. The fourth-order valence-corrected chi connectivity index (χ4v) is 2.55. The first kappa shape index (κ1) is 15.3. The molecular weight excluding hydrogens is 296 g/mol. The van der Waals surface area contributed by atoms with Gasteiger partial charge in [-0.15, -0.1) is 0 Å². The fraction of sp³-hybridized carbons (Fsp3) is 0.294. The lowest BCUT2D eigenvalue weighted by Gasteiger charge is -2.11. The highest BCUT2D eigenvalue weighted by Gasteiger charge is 2.18. The van der Waals surface area contributed by atoms with Crippen molar-refractivity contribution in [2.24, 2.45) is 0 Å². The maximum Gasteiger partial charge on any atom is 0.515 e. The zero-order chi connectivity index (χ0) is 16.4. The van der Waals surface area contributed by atoms with E-state index in [9.17, 15) is 4.79 Å². The molecule has 0 bridgehead atoms. The van der Waals surface area contributed by atoms with Crippen LogP contribution in [-0.2, 0) is 16.1 Å². The zero-order valence-corrected chi connectivity index (χ0v) is 13.3. The molecule has 0 aliphatic heterocycles. The summed E-state index contributed by atoms with van der Waals surface area (Å²) >= 11 is 0. The molecule has 0 fully saturated rings. The van der Waals surface area contributed by atoms with Gasteiger partial charge in [0.25, 0.3) is 0 Å². The average Bonchev–Trinajstić information content (AvgIpc) is 2.87. The lowest BCUT2D eigenvalue weighted by Crippen LogP contribution is -2.17. The van der Waals surface area contributed by atoms with Crippen LogP contribution in [0.4, 0.5) is 4.79 Å². The predicted molar refractivity (Wildman–Crippen MR) is 86.6 cm³/mol. The number of hydrogen-bond acceptors (Lipinski definition) is 5. The van der Waals surface area contributed by atoms with Crippen molar-refractivity contribution in [1.29, 1.82) is 0 Å². The van der Waals surface area contributed by atoms with Gasteiger partial charge >= 0.3 is 6.16 Å². The molecule has 2 heterocycles. The van der Waals surface area contributed by atoms with Gasteiger partial charge in [-0.05, 0) is 19.9 Å². The minimum atomic E-state index is -0.774. The standard InChI is InChI=1S/C17H18N2O4/c1-10(2)22-17(20)23-16-12(9-21-3)15-11-6-4-5-7-13(11)19-14(15)8-18-16/h4-8,10,19H,9H2,1-3H3. The van der Waals surface area contributed by atoms with Crippen LogP contribution in [0.25, 0.3) is 21.8 Å². The number of carbonyl (C=O) groups is 1. The van der Waals surface area contributed by atoms with Gasteiger partial charge in [0, 0.05) is 23.4 Å². The smallest absolute Gasteiger partial charge is 0.431 e. The molecule has 0 aliphatic carbocycles. The van der Waals surface area contributed by atoms with E-state index in [1.165, 1.54) is 0 Å². The van der Waals surface area contributed by atoms with Crippen LogP contribution in [0.2, 0.25) is 0 Å². The lowest BCUT2D eigenvalue weighted by molar-refractivity contribution is 0.0705. The summed E-state index contributed by atoms with van der Waals surface area (Å²) in [6.45, 7) is 3.79. The Morgan fingerprint density at radius 2 is 2.04 bits per heavy atom. The number of methoxy groups -OCH3 is 1. The molecule has 3 aromatic rings. The van der Waals surface area contributed by atoms with Crippen LogP contribution in [0.15, 0.2) is 30.5 Å². The van der Waals surface area contributed by atoms with E-state index in [1.807, 2.05) is 24.3 Å². The molecule has 0 radical (unpaired) electrons. The van der Waals surface area contributed by atoms with Gasteiger partial charge in [-0.3, -0.25) is 0 Å². The Labute approximate surface area is 133 Å². The normalized spacial score (nSPS) is 11.3. The molecule has 0 amide bonds. The minimum Gasteiger partial charge on any atom is -0.431 e. The van der Waals surface area contributed by atoms with Gasteiger partial charge in [0.15, 0.2) is 0 Å². The molecule has 3 rings (SSSR count). The van der Waals surface area contributed by atoms with Crippen LogP contribution in [-0.4, -0.2) is 29.3 Å². The second-order valence-corrected chi connectivity index (χ2v) is 5.45. The second kappa shape index (κ2) is 6.26. The SMILES string of the molecule is COCc1c(OC(=O)OC(C)C)ncc2[nH]c3ccccc3c12. The summed E-state index contributed by atoms with van der Waals surface area (Å²) in [5.41, 5.74) is 2.56. The molecule has 2 aromatic heterocycles. The van der Waals surface area contributed by atoms with E-state index in [2.05, 4.69) is 9.97 Å². The summed E-state index contributed by atoms with van der Waals surface area (Å²) in [5, 5.41) is 1.96. The van der Waals surface area contributed by atoms with Crippen LogP contribution >= 0.6 is 0 Å². The summed E-state index contributed by atoms with van der Waals surface area (Å²) in [7, 11) is 1.59. The Balaban J connectivity index is 2.12. The number of nitrogens with zero attached hydrogens (tertiary/aromatic N) is 1. The van der Waals surface area contributed by atoms with Crippen LogP contribution in [0.3, 0.4) is 0 Å². The lowest BCUT2D eigenvalue weighted by atomic mass is 10.1. The van der Waals surface area contributed by atoms with E-state index in [1.54, 1.807) is 27.2 Å². The zero-order valence-electron chi connectivity index (χ0n) is 13.3. The van der Waals surface area contributed by atoms with Gasteiger partial charge < -0.3 is 19.2 Å². The van der Waals surface area contributed by atoms with Crippen molar-refractivity contribution in [3.63, 3.8) is 0 Å². The van der Waals surface area contributed by atoms with Gasteiger partial charge in [-0.1, -0.05) is 18.2 Å². The number of pyridine rings is 1. The van der Waals surface area contributed by atoms with E-state index in [0.29, 0.717) is 5.56 Å². The van der Waals surface area contributed by atoms with Crippen molar-refractivity contribution >= 4 is 28.0 Å². The summed E-state index contributed by atoms with van der Waals surface area (Å²) in [6.07, 6.45) is 0.612. The van der Waals surface area contributed by atoms with Crippen molar-refractivity contribution in [2.45, 2.75) is 26.6 Å². The first-order valence-electron chi connectivity index (χ1n) is 7.36. The first-order valence-corrected chi connectivity index (χ1v) is 7.36. The molecule has 120 valence electrons. The molecule has 0 saturated carbocycles. The van der Waals surface area contributed by atoms with Gasteiger partial charge in [-0.2, -0.15) is 0 Å². The summed E-state index contributed by atoms with van der Waals surface area (Å²) in [6, 6.07) is 7.90. The van der Waals surface area contributed by atoms with Gasteiger partial charge in [0.2, 0.25) is 5.88 Å². The van der Waals surface area contributed by atoms with Crippen molar-refractivity contribution in [1.82, 2.24) is 9.97 Å². The molecular formula is C17H18N2O4. The maximum absolute atomic E-state index is 11.8. The van der Waals surface area contributed by atoms with Crippen molar-refractivity contribution in [3.8, 4) is 5.88 Å². The van der Waals surface area contributed by atoms with Crippen molar-refractivity contribution in [3.05, 3.63) is 36.0 Å². The Kier molecular flexibility index (Phi) is 4.16. The summed E-state index contributed by atoms with van der Waals surface area (Å²) in [4.78, 5) is 19.3. The second-order valence-electron chi connectivity index (χ2n) is 5.45. The van der Waals surface area contributed by atoms with Crippen molar-refractivity contribution < 1.29 is 19.0 Å². The van der Waals surface area contributed by atoms with Crippen LogP contribution in [0.1, 0.15) is 19.4 Å². The molecule has 0 saturated heterocycles. The van der Waals surface area contributed by atoms with Gasteiger partial charge in [0.05, 0.1) is 30.0 Å². The van der Waals surface area contributed by atoms with E-state index < -0.39 is 6.16 Å². The van der Waals surface area contributed by atoms with Crippen LogP contribution in [0, 0.1) is 0 Å². The third-order valence-electron chi connectivity index (χ3n) is 3.41. The van der Waals surface area contributed by atoms with Crippen molar-refractivity contribution in [2.75, 3.05) is 7.11 Å². The molecule has 0 aliphatic rings. The van der Waals surface area contributed by atoms with Crippen LogP contribution in [0.5, 0.6) is 5.88 Å². The average molecular weight is 314 g/mol. The molecule has 6 nitrogen and oxygen atoms in total. The molecule has 0 unspecified atom stereocenters. The molecule has 0 atom stereocenters. The molecule has 1 aromatic carbocycles. The summed E-state index contributed by atoms with van der Waals surface area (Å²) in [5.74, 6) is 0.203. The van der Waals surface area contributed by atoms with Crippen LogP contribution < -0.4 is 4.74 Å². The maximum atomic E-state index is 11.8. The van der Waals surface area contributed by atoms with E-state index >= 15 is 0 Å². The fourth-order valence-electron chi connectivity index (χ4n) is 2.55. The van der Waals surface area contributed by atoms with Gasteiger partial charge in [0.1, 0.15) is 0 Å². The largest absolute Gasteiger partial charge is 0.515 e. The number of H-pyrrole nitrogens is 1. The Morgan fingerprint density at radius 1 is 1.26 bits per heavy atom. The van der Waals surface area contributed by atoms with E-state index in [0.717, 1.165) is 21.8 Å². The molecule has 6 heteroatoms. The third-order valence-corrected chi connectivity index (χ3v) is 3.41. The molecule has 0 spiro atoms. The number of fused-ring (bicyclic) bond motifs is 3. The number of carbonyl (C=O) groups excluding carboxylic acids is 1. The number of aromatic nitrogens is 2. The molecule has 1 N–H and O–H groups in total. The number of aromatic amines is 1. The number of hydrogen-bond donors (Lipinski definition) is 1. The number of para-hydroxylation sites is 1. The third kappa shape index (κ3) is 2.98. The monoisotopic (exact) mass is 314 g/mol. The Morgan fingerprint density at radius 3 is 2.78 bits per heavy atom. The number of rotatable bonds is 4. The van der Waals surface area contributed by atoms with Gasteiger partial charge in [-0.25, -0.2) is 9.78 Å². The Bertz CT molecular complexity index is 854. The number of ether oxygens (including phenoxy) is 3. The highest BCUT2D eigenvalue weighted by Crippen LogP contribution is 2.32. The number of nitrogens with one attached hydrogen (secondary N) is 1. The Hall–Kier alpha value is -2.60. The summed E-state index contributed by atoms with van der Waals surface area (Å²) < 4.78 is 15.6. The van der Waals surface area contributed by atoms with E-state index in [4.69, 9.17) is 14.2 Å². The minimum absolute atomic E-state index is 0.203. The highest BCUT2D eigenvalue weighted by molar-refractivity contribution is 6.09. The number of benzene rings is 1. The topological polar surface area (TPSA) is 73.4 Å². The molecule has 23 heavy (non-hydrogen) atoms. The highest BCUT2D eigenvalue weighted by atomic mass is 16.7. The van der Waals surface area contributed by atoms with E-state index in [-0.39, 0.29) is 18.6 Å². The quantitative estimate of drug-likeness (QED) is 0.742.